The van der Waals surface area contributed by atoms with E-state index in [2.05, 4.69) is 149 Å². The molecule has 4 aromatic carbocycles. The Kier molecular flexibility index (Phi) is 15.7. The Morgan fingerprint density at radius 3 is 1.05 bits per heavy atom. The summed E-state index contributed by atoms with van der Waals surface area (Å²) in [6.45, 7) is 8.32. The average molecular weight is 896 g/mol. The van der Waals surface area contributed by atoms with Crippen LogP contribution in [-0.4, -0.2) is 90.4 Å². The first kappa shape index (κ1) is 48.2. The van der Waals surface area contributed by atoms with E-state index < -0.39 is 28.3 Å². The minimum atomic E-state index is -4.66. The minimum absolute atomic E-state index is 0.112. The van der Waals surface area contributed by atoms with Crippen LogP contribution in [0.15, 0.2) is 169 Å². The van der Waals surface area contributed by atoms with Crippen LogP contribution in [-0.2, 0) is 28.4 Å². The van der Waals surface area contributed by atoms with Crippen LogP contribution in [0.1, 0.15) is 62.8 Å². The molecular weight excluding hydrogens is 830 g/mol. The van der Waals surface area contributed by atoms with Crippen molar-refractivity contribution in [3.63, 3.8) is 0 Å². The van der Waals surface area contributed by atoms with Crippen molar-refractivity contribution >= 4 is 30.7 Å². The number of hydrogen-bond acceptors (Lipinski definition) is 9. The van der Waals surface area contributed by atoms with Crippen LogP contribution in [0.5, 0.6) is 0 Å². The number of allylic oxidation sites excluding steroid dienone is 2. The fourth-order valence-electron chi connectivity index (χ4n) is 9.47. The number of rotatable bonds is 21. The summed E-state index contributed by atoms with van der Waals surface area (Å²) in [5.41, 5.74) is 6.64. The zero-order chi connectivity index (χ0) is 44.5. The monoisotopic (exact) mass is 895 g/mol. The van der Waals surface area contributed by atoms with Crippen LogP contribution in [0.25, 0.3) is 0 Å². The van der Waals surface area contributed by atoms with E-state index in [0.717, 1.165) is 33.4 Å². The number of nitrogens with zero attached hydrogens (tertiary/aromatic N) is 1. The molecule has 0 aromatic heterocycles. The average Bonchev–Trinajstić information content (AvgIpc) is 3.30. The Morgan fingerprint density at radius 1 is 0.532 bits per heavy atom. The molecule has 0 saturated heterocycles. The van der Waals surface area contributed by atoms with Crippen molar-refractivity contribution in [3.05, 3.63) is 191 Å². The fraction of sp³-hybridized carbons (Fsp3) is 0.385. The van der Waals surface area contributed by atoms with E-state index in [1.54, 1.807) is 52.0 Å². The Labute approximate surface area is 379 Å². The van der Waals surface area contributed by atoms with Gasteiger partial charge in [-0.2, -0.15) is 0 Å². The number of methoxy groups -OCH3 is 4. The number of thioether (sulfide) groups is 2. The van der Waals surface area contributed by atoms with Crippen molar-refractivity contribution in [2.24, 2.45) is 0 Å². The summed E-state index contributed by atoms with van der Waals surface area (Å²) < 4.78 is 24.1. The molecular formula is C52H66NO6PS2. The summed E-state index contributed by atoms with van der Waals surface area (Å²) in [5.74, 6) is -0.743. The molecule has 0 spiro atoms. The van der Waals surface area contributed by atoms with Gasteiger partial charge in [-0.3, -0.25) is 0 Å². The first-order valence-electron chi connectivity index (χ1n) is 21.6. The van der Waals surface area contributed by atoms with E-state index in [9.17, 15) is 9.79 Å². The van der Waals surface area contributed by atoms with E-state index >= 15 is 0 Å². The van der Waals surface area contributed by atoms with Gasteiger partial charge in [0.05, 0.1) is 0 Å². The SMILES string of the molecule is COC1(OC)C=CC(C(SCCP(O)(O)(CCSC(C2=CCC(OC)(OC)C=C2)(c2ccccc2)c2ccccc2)N(C(C)C)C(C)C)(c2ccccc2)c2ccccc2)=CC1. The predicted molar refractivity (Wildman–Crippen MR) is 263 cm³/mol. The Morgan fingerprint density at radius 2 is 0.823 bits per heavy atom. The van der Waals surface area contributed by atoms with Gasteiger partial charge in [0.25, 0.3) is 0 Å². The predicted octanol–water partition coefficient (Wildman–Crippen LogP) is 11.5. The maximum atomic E-state index is 13.5. The molecule has 6 rings (SSSR count). The van der Waals surface area contributed by atoms with Gasteiger partial charge in [0.15, 0.2) is 0 Å². The second-order valence-corrected chi connectivity index (χ2v) is 23.4. The second-order valence-electron chi connectivity index (χ2n) is 16.7. The molecule has 62 heavy (non-hydrogen) atoms. The molecule has 0 saturated carbocycles. The van der Waals surface area contributed by atoms with Crippen LogP contribution in [0, 0.1) is 0 Å². The third-order valence-corrected chi connectivity index (χ3v) is 20.5. The molecule has 0 aliphatic heterocycles. The molecule has 2 aliphatic rings. The zero-order valence-electron chi connectivity index (χ0n) is 37.6. The van der Waals surface area contributed by atoms with E-state index in [1.165, 1.54) is 0 Å². The molecule has 0 radical (unpaired) electrons. The van der Waals surface area contributed by atoms with Gasteiger partial charge in [-0.15, -0.1) is 0 Å². The molecule has 0 heterocycles. The molecule has 332 valence electrons. The number of hydrogen-bond donors (Lipinski definition) is 2. The van der Waals surface area contributed by atoms with Gasteiger partial charge < -0.3 is 0 Å². The Bertz CT molecular complexity index is 1940. The van der Waals surface area contributed by atoms with E-state index in [4.69, 9.17) is 18.9 Å². The maximum absolute atomic E-state index is 13.5. The Balaban J connectivity index is 1.41. The van der Waals surface area contributed by atoms with Gasteiger partial charge in [-0.05, 0) is 0 Å². The summed E-state index contributed by atoms with van der Waals surface area (Å²) in [6.07, 6.45) is 14.2. The van der Waals surface area contributed by atoms with Gasteiger partial charge in [-0.25, -0.2) is 0 Å². The summed E-state index contributed by atoms with van der Waals surface area (Å²) >= 11 is 3.52. The normalized spacial score (nSPS) is 17.2. The topological polar surface area (TPSA) is 80.6 Å². The number of benzene rings is 4. The standard InChI is InChI=1S/C52H66NO6PS2/c1-41(2)53(42(3)4)60(54,55,37-39-61-51(43-21-13-9-14-22-43,44-23-15-10-16-24-44)47-29-33-49(56-5,57-6)34-30-47)38-40-62-52(45-25-17-11-18-26-45,46-27-19-12-20-28-46)48-31-35-50(58-7,59-8)36-32-48/h9-33,35,41-42,54-55H,34,36-40H2,1-8H3. The van der Waals surface area contributed by atoms with Crippen LogP contribution in [0.3, 0.4) is 0 Å². The molecule has 0 amide bonds. The van der Waals surface area contributed by atoms with Gasteiger partial charge in [-0.1, -0.05) is 0 Å². The van der Waals surface area contributed by atoms with E-state index in [1.807, 2.05) is 41.1 Å². The van der Waals surface area contributed by atoms with Crippen LogP contribution in [0.2, 0.25) is 0 Å². The molecule has 0 unspecified atom stereocenters. The first-order chi connectivity index (χ1) is 29.8. The van der Waals surface area contributed by atoms with Gasteiger partial charge in [0.1, 0.15) is 0 Å². The summed E-state index contributed by atoms with van der Waals surface area (Å²) in [4.78, 5) is 27.0. The quantitative estimate of drug-likeness (QED) is 0.0628. The fourth-order valence-corrected chi connectivity index (χ4v) is 18.5. The molecule has 10 heteroatoms. The molecule has 0 fully saturated rings. The van der Waals surface area contributed by atoms with Gasteiger partial charge in [0, 0.05) is 0 Å². The molecule has 4 aromatic rings. The van der Waals surface area contributed by atoms with E-state index in [0.29, 0.717) is 24.3 Å². The van der Waals surface area contributed by atoms with Crippen molar-refractivity contribution in [2.45, 2.75) is 73.7 Å². The number of ether oxygens (including phenoxy) is 4. The van der Waals surface area contributed by atoms with Gasteiger partial charge in [0.2, 0.25) is 0 Å². The third-order valence-electron chi connectivity index (χ3n) is 12.5. The van der Waals surface area contributed by atoms with Crippen molar-refractivity contribution < 1.29 is 28.7 Å². The second kappa shape index (κ2) is 20.2. The van der Waals surface area contributed by atoms with Crippen LogP contribution in [0.4, 0.5) is 0 Å². The molecule has 2 N–H and O–H groups in total. The van der Waals surface area contributed by atoms with Crippen molar-refractivity contribution in [1.82, 2.24) is 4.67 Å². The van der Waals surface area contributed by atoms with Crippen molar-refractivity contribution in [3.8, 4) is 0 Å². The summed E-state index contributed by atoms with van der Waals surface area (Å²) in [5, 5.41) is 0. The van der Waals surface area contributed by atoms with E-state index in [-0.39, 0.29) is 24.4 Å². The third kappa shape index (κ3) is 9.69. The van der Waals surface area contributed by atoms with Crippen molar-refractivity contribution in [2.75, 3.05) is 52.3 Å². The van der Waals surface area contributed by atoms with Crippen LogP contribution >= 0.6 is 30.7 Å². The zero-order valence-corrected chi connectivity index (χ0v) is 40.2. The Hall–Kier alpha value is -3.31. The molecule has 0 atom stereocenters. The summed E-state index contributed by atoms with van der Waals surface area (Å²) in [7, 11) is 2.01. The van der Waals surface area contributed by atoms with Gasteiger partial charge >= 0.3 is 381 Å². The van der Waals surface area contributed by atoms with Crippen LogP contribution < -0.4 is 0 Å². The molecule has 2 aliphatic carbocycles. The summed E-state index contributed by atoms with van der Waals surface area (Å²) in [6, 6.07) is 42.0. The van der Waals surface area contributed by atoms with Crippen molar-refractivity contribution in [1.29, 1.82) is 0 Å². The molecule has 0 bridgehead atoms. The first-order valence-corrected chi connectivity index (χ1v) is 26.0. The molecule has 7 nitrogen and oxygen atoms in total.